The lowest BCUT2D eigenvalue weighted by molar-refractivity contribution is -0.120. The normalized spacial score (nSPS) is 13.8. The van der Waals surface area contributed by atoms with Gasteiger partial charge >= 0.3 is 0 Å². The number of halogens is 2. The van der Waals surface area contributed by atoms with Crippen molar-refractivity contribution < 1.29 is 14.3 Å². The number of para-hydroxylation sites is 1. The number of fused-ring (bicyclic) bond motifs is 1. The number of hydrogen-bond acceptors (Lipinski definition) is 7. The highest BCUT2D eigenvalue weighted by Crippen LogP contribution is 2.35. The predicted octanol–water partition coefficient (Wildman–Crippen LogP) is 5.95. The van der Waals surface area contributed by atoms with Crippen LogP contribution in [0.5, 0.6) is 11.5 Å². The van der Waals surface area contributed by atoms with Crippen LogP contribution in [0.15, 0.2) is 77.7 Å². The molecule has 3 aromatic carbocycles. The second kappa shape index (κ2) is 12.1. The molecule has 0 N–H and O–H groups in total. The van der Waals surface area contributed by atoms with Gasteiger partial charge in [0.1, 0.15) is 35.2 Å². The third kappa shape index (κ3) is 5.92. The number of nitrogens with zero attached hydrogens (tertiary/aromatic N) is 4. The second-order valence-electron chi connectivity index (χ2n) is 11.3. The summed E-state index contributed by atoms with van der Waals surface area (Å²) in [5, 5.41) is 15.7. The van der Waals surface area contributed by atoms with Crippen molar-refractivity contribution in [2.75, 3.05) is 13.2 Å². The number of ketones is 1. The summed E-state index contributed by atoms with van der Waals surface area (Å²) < 4.78 is 15.0. The van der Waals surface area contributed by atoms with Gasteiger partial charge in [-0.25, -0.2) is 4.68 Å². The van der Waals surface area contributed by atoms with E-state index >= 15 is 0 Å². The summed E-state index contributed by atoms with van der Waals surface area (Å²) in [6.45, 7) is 6.08. The van der Waals surface area contributed by atoms with Gasteiger partial charge in [-0.15, -0.1) is 11.3 Å². The summed E-state index contributed by atoms with van der Waals surface area (Å²) in [7, 11) is 0. The molecule has 0 amide bonds. The molecule has 0 saturated carbocycles. The van der Waals surface area contributed by atoms with Crippen LogP contribution in [-0.4, -0.2) is 33.3 Å². The highest BCUT2D eigenvalue weighted by atomic mass is 35.5. The van der Waals surface area contributed by atoms with Crippen molar-refractivity contribution in [2.24, 2.45) is 5.41 Å². The molecule has 2 aromatic heterocycles. The molecule has 0 bridgehead atoms. The number of hydrogen-bond donors (Lipinski definition) is 0. The quantitative estimate of drug-likeness (QED) is 0.232. The minimum Gasteiger partial charge on any atom is -0.486 e. The first-order valence-electron chi connectivity index (χ1n) is 14.0. The molecule has 8 nitrogen and oxygen atoms in total. The summed E-state index contributed by atoms with van der Waals surface area (Å²) in [4.78, 5) is 27.6. The van der Waals surface area contributed by atoms with Crippen LogP contribution in [0.25, 0.3) is 34.3 Å². The average Bonchev–Trinajstić information content (AvgIpc) is 3.58. The van der Waals surface area contributed by atoms with Gasteiger partial charge in [-0.1, -0.05) is 62.2 Å². The summed E-state index contributed by atoms with van der Waals surface area (Å²) in [6.07, 6.45) is 3.54. The maximum atomic E-state index is 14.2. The number of thiazole rings is 1. The SMILES string of the molecule is CC(C)(C)C(=O)/C(C#N)=c1/s/c(=C\c2cn(-c3ccccc3)nc2-c2ccc3c(c2)OCCO3)c(=O)n1-c1ccc(Cl)cc1Cl. The Hall–Kier alpha value is -4.62. The molecular weight excluding hydrogens is 631 g/mol. The summed E-state index contributed by atoms with van der Waals surface area (Å²) in [6, 6.07) is 21.9. The fourth-order valence-electron chi connectivity index (χ4n) is 4.86. The van der Waals surface area contributed by atoms with Crippen LogP contribution in [0.1, 0.15) is 26.3 Å². The van der Waals surface area contributed by atoms with Crippen molar-refractivity contribution in [2.45, 2.75) is 20.8 Å². The van der Waals surface area contributed by atoms with E-state index in [2.05, 4.69) is 6.07 Å². The Morgan fingerprint density at radius 3 is 2.44 bits per heavy atom. The van der Waals surface area contributed by atoms with Crippen molar-refractivity contribution >= 4 is 52.0 Å². The van der Waals surface area contributed by atoms with E-state index in [1.165, 1.54) is 10.6 Å². The maximum absolute atomic E-state index is 14.2. The summed E-state index contributed by atoms with van der Waals surface area (Å²) >= 11 is 13.8. The standard InChI is InChI=1S/C34H26Cl2N4O4S/c1-34(2,3)31(41)24(18-37)33-40(26-11-10-22(35)17-25(26)36)32(42)29(45-33)16-21-19-39(23-7-5-4-6-8-23)38-30(21)20-9-12-27-28(15-20)44-14-13-43-27/h4-12,15-17,19H,13-14H2,1-3H3/b29-16-,33-24+. The number of carbonyl (C=O) groups excluding carboxylic acids is 1. The van der Waals surface area contributed by atoms with Gasteiger partial charge in [0.05, 0.1) is 20.9 Å². The molecule has 45 heavy (non-hydrogen) atoms. The molecule has 0 fully saturated rings. The first-order valence-corrected chi connectivity index (χ1v) is 15.6. The Bertz CT molecular complexity index is 2190. The van der Waals surface area contributed by atoms with Crippen LogP contribution in [0.4, 0.5) is 0 Å². The maximum Gasteiger partial charge on any atom is 0.273 e. The van der Waals surface area contributed by atoms with Crippen molar-refractivity contribution in [3.63, 3.8) is 0 Å². The minimum absolute atomic E-state index is 0.137. The third-order valence-electron chi connectivity index (χ3n) is 7.07. The van der Waals surface area contributed by atoms with E-state index in [0.29, 0.717) is 46.7 Å². The van der Waals surface area contributed by atoms with Crippen molar-refractivity contribution in [3.8, 4) is 40.2 Å². The van der Waals surface area contributed by atoms with Gasteiger partial charge in [0.15, 0.2) is 17.3 Å². The Morgan fingerprint density at radius 2 is 1.76 bits per heavy atom. The smallest absolute Gasteiger partial charge is 0.273 e. The molecule has 226 valence electrons. The fraction of sp³-hybridized carbons (Fsp3) is 0.176. The fourth-order valence-corrected chi connectivity index (χ4v) is 6.44. The number of rotatable bonds is 5. The van der Waals surface area contributed by atoms with E-state index in [-0.39, 0.29) is 19.8 Å². The zero-order valence-corrected chi connectivity index (χ0v) is 26.8. The molecule has 6 rings (SSSR count). The third-order valence-corrected chi connectivity index (χ3v) is 8.70. The lowest BCUT2D eigenvalue weighted by atomic mass is 9.87. The van der Waals surface area contributed by atoms with Crippen LogP contribution in [0, 0.1) is 16.7 Å². The van der Waals surface area contributed by atoms with E-state index in [4.69, 9.17) is 37.8 Å². The molecule has 1 aliphatic heterocycles. The van der Waals surface area contributed by atoms with Crippen LogP contribution in [0.3, 0.4) is 0 Å². The molecule has 0 unspecified atom stereocenters. The summed E-state index contributed by atoms with van der Waals surface area (Å²) in [5.41, 5.74) is 1.66. The predicted molar refractivity (Wildman–Crippen MR) is 176 cm³/mol. The van der Waals surface area contributed by atoms with Crippen LogP contribution >= 0.6 is 34.5 Å². The molecule has 11 heteroatoms. The Balaban J connectivity index is 1.65. The number of benzene rings is 3. The molecule has 0 radical (unpaired) electrons. The lowest BCUT2D eigenvalue weighted by Crippen LogP contribution is -2.33. The van der Waals surface area contributed by atoms with Gasteiger partial charge in [0, 0.05) is 27.8 Å². The molecule has 5 aromatic rings. The number of nitriles is 1. The van der Waals surface area contributed by atoms with Gasteiger partial charge in [0.2, 0.25) is 0 Å². The molecule has 0 aliphatic carbocycles. The Kier molecular flexibility index (Phi) is 8.14. The van der Waals surface area contributed by atoms with Crippen LogP contribution in [-0.2, 0) is 4.79 Å². The largest absolute Gasteiger partial charge is 0.486 e. The number of ether oxygens (including phenoxy) is 2. The average molecular weight is 658 g/mol. The van der Waals surface area contributed by atoms with Gasteiger partial charge in [-0.3, -0.25) is 14.2 Å². The number of aromatic nitrogens is 3. The van der Waals surface area contributed by atoms with E-state index in [9.17, 15) is 14.9 Å². The molecule has 0 spiro atoms. The first-order chi connectivity index (χ1) is 21.5. The van der Waals surface area contributed by atoms with Crippen molar-refractivity contribution in [1.29, 1.82) is 5.26 Å². The summed E-state index contributed by atoms with van der Waals surface area (Å²) in [5.74, 6) is 0.850. The van der Waals surface area contributed by atoms with E-state index in [0.717, 1.165) is 22.6 Å². The molecule has 1 aliphatic rings. The molecule has 3 heterocycles. The second-order valence-corrected chi connectivity index (χ2v) is 13.2. The number of carbonyl (C=O) groups is 1. The zero-order chi connectivity index (χ0) is 31.9. The van der Waals surface area contributed by atoms with Gasteiger partial charge < -0.3 is 9.47 Å². The molecule has 0 atom stereocenters. The van der Waals surface area contributed by atoms with E-state index < -0.39 is 16.8 Å². The highest BCUT2D eigenvalue weighted by molar-refractivity contribution is 7.07. The van der Waals surface area contributed by atoms with Crippen molar-refractivity contribution in [1.82, 2.24) is 14.3 Å². The first kappa shape index (κ1) is 30.4. The topological polar surface area (TPSA) is 99.1 Å². The Morgan fingerprint density at radius 1 is 1.02 bits per heavy atom. The molecular formula is C34H26Cl2N4O4S. The minimum atomic E-state index is -0.869. The van der Waals surface area contributed by atoms with Gasteiger partial charge in [0.25, 0.3) is 5.56 Å². The van der Waals surface area contributed by atoms with Crippen molar-refractivity contribution in [3.05, 3.63) is 108 Å². The monoisotopic (exact) mass is 656 g/mol. The lowest BCUT2D eigenvalue weighted by Gasteiger charge is -2.18. The highest BCUT2D eigenvalue weighted by Gasteiger charge is 2.28. The van der Waals surface area contributed by atoms with Gasteiger partial charge in [-0.2, -0.15) is 10.4 Å². The zero-order valence-electron chi connectivity index (χ0n) is 24.5. The Labute approximate surface area is 272 Å². The van der Waals surface area contributed by atoms with Crippen LogP contribution < -0.4 is 24.2 Å². The van der Waals surface area contributed by atoms with E-state index in [1.54, 1.807) is 43.7 Å². The van der Waals surface area contributed by atoms with Crippen LogP contribution in [0.2, 0.25) is 10.0 Å². The molecule has 0 saturated heterocycles. The van der Waals surface area contributed by atoms with E-state index in [1.807, 2.05) is 54.7 Å². The van der Waals surface area contributed by atoms with Gasteiger partial charge in [-0.05, 0) is 54.6 Å². The number of Topliss-reactive ketones (excluding diaryl/α,β-unsaturated/α-hetero) is 1.